The molecule has 0 spiro atoms. The standard InChI is InChI=1S/C28H20Cl6O/c1-15-11-17(3-9-23(15)31)27(21-7-5-19(29)13-25(21)33)35-28(18-4-10-24(32)16(2)12-18)22-8-6-20(30)14-26(22)34/h3-14,27-28H,1-2H3. The highest BCUT2D eigenvalue weighted by Gasteiger charge is 2.27. The Balaban J connectivity index is 1.90. The van der Waals surface area contributed by atoms with Crippen molar-refractivity contribution in [3.8, 4) is 0 Å². The summed E-state index contributed by atoms with van der Waals surface area (Å²) < 4.78 is 6.88. The van der Waals surface area contributed by atoms with Crippen LogP contribution in [-0.4, -0.2) is 0 Å². The molecule has 0 amide bonds. The molecule has 0 saturated carbocycles. The monoisotopic (exact) mass is 582 g/mol. The van der Waals surface area contributed by atoms with Gasteiger partial charge in [-0.2, -0.15) is 0 Å². The van der Waals surface area contributed by atoms with Gasteiger partial charge in [-0.3, -0.25) is 0 Å². The van der Waals surface area contributed by atoms with Crippen molar-refractivity contribution in [2.24, 2.45) is 0 Å². The van der Waals surface area contributed by atoms with Crippen LogP contribution in [0.3, 0.4) is 0 Å². The zero-order valence-corrected chi connectivity index (χ0v) is 23.3. The SMILES string of the molecule is Cc1cc(C(OC(c2ccc(Cl)c(C)c2)c2ccc(Cl)cc2Cl)c2ccc(Cl)cc2Cl)ccc1Cl. The van der Waals surface area contributed by atoms with Gasteiger partial charge in [-0.1, -0.05) is 106 Å². The Labute approximate surface area is 235 Å². The van der Waals surface area contributed by atoms with Crippen molar-refractivity contribution in [3.05, 3.63) is 136 Å². The maximum atomic E-state index is 6.88. The molecule has 0 bridgehead atoms. The lowest BCUT2D eigenvalue weighted by Gasteiger charge is -2.28. The van der Waals surface area contributed by atoms with E-state index in [-0.39, 0.29) is 0 Å². The Kier molecular flexibility index (Phi) is 8.61. The topological polar surface area (TPSA) is 9.23 Å². The third-order valence-electron chi connectivity index (χ3n) is 5.73. The minimum absolute atomic E-state index is 0.489. The van der Waals surface area contributed by atoms with Crippen LogP contribution < -0.4 is 0 Å². The summed E-state index contributed by atoms with van der Waals surface area (Å²) >= 11 is 38.4. The third kappa shape index (κ3) is 6.12. The molecule has 4 aromatic rings. The van der Waals surface area contributed by atoms with Crippen molar-refractivity contribution in [2.45, 2.75) is 26.1 Å². The second kappa shape index (κ2) is 11.3. The quantitative estimate of drug-likeness (QED) is 0.219. The van der Waals surface area contributed by atoms with Gasteiger partial charge in [-0.25, -0.2) is 0 Å². The first-order chi connectivity index (χ1) is 16.6. The van der Waals surface area contributed by atoms with Gasteiger partial charge >= 0.3 is 0 Å². The minimum atomic E-state index is -0.552. The first-order valence-electron chi connectivity index (χ1n) is 10.7. The summed E-state index contributed by atoms with van der Waals surface area (Å²) in [6.45, 7) is 3.89. The summed E-state index contributed by atoms with van der Waals surface area (Å²) in [5.41, 5.74) is 5.14. The third-order valence-corrected chi connectivity index (χ3v) is 7.70. The maximum Gasteiger partial charge on any atom is 0.110 e. The largest absolute Gasteiger partial charge is 0.356 e. The van der Waals surface area contributed by atoms with Gasteiger partial charge in [0.2, 0.25) is 0 Å². The van der Waals surface area contributed by atoms with Gasteiger partial charge in [-0.15, -0.1) is 0 Å². The molecule has 0 saturated heterocycles. The molecule has 0 fully saturated rings. The Morgan fingerprint density at radius 3 is 1.23 bits per heavy atom. The van der Waals surface area contributed by atoms with Crippen molar-refractivity contribution in [2.75, 3.05) is 0 Å². The summed E-state index contributed by atoms with van der Waals surface area (Å²) in [5.74, 6) is 0. The smallest absolute Gasteiger partial charge is 0.110 e. The molecule has 0 heterocycles. The average Bonchev–Trinajstić information content (AvgIpc) is 2.80. The maximum absolute atomic E-state index is 6.88. The van der Waals surface area contributed by atoms with E-state index in [4.69, 9.17) is 74.3 Å². The normalized spacial score (nSPS) is 13.0. The van der Waals surface area contributed by atoms with Crippen LogP contribution in [-0.2, 0) is 4.74 Å². The number of rotatable bonds is 6. The van der Waals surface area contributed by atoms with Gasteiger partial charge in [0.05, 0.1) is 0 Å². The fourth-order valence-corrected chi connectivity index (χ4v) is 5.14. The lowest BCUT2D eigenvalue weighted by molar-refractivity contribution is 0.0309. The first-order valence-corrected chi connectivity index (χ1v) is 13.0. The van der Waals surface area contributed by atoms with Gasteiger partial charge < -0.3 is 4.74 Å². The van der Waals surface area contributed by atoms with Gasteiger partial charge in [0.15, 0.2) is 0 Å². The summed E-state index contributed by atoms with van der Waals surface area (Å²) in [7, 11) is 0. The molecule has 0 N–H and O–H groups in total. The van der Waals surface area contributed by atoms with Gasteiger partial charge in [0.25, 0.3) is 0 Å². The lowest BCUT2D eigenvalue weighted by Crippen LogP contribution is -2.14. The van der Waals surface area contributed by atoms with Crippen molar-refractivity contribution in [1.29, 1.82) is 0 Å². The molecule has 4 aromatic carbocycles. The molecule has 35 heavy (non-hydrogen) atoms. The van der Waals surface area contributed by atoms with Crippen molar-refractivity contribution >= 4 is 69.6 Å². The molecule has 2 atom stereocenters. The zero-order chi connectivity index (χ0) is 25.3. The van der Waals surface area contributed by atoms with Crippen LogP contribution in [0.15, 0.2) is 72.8 Å². The number of halogens is 6. The van der Waals surface area contributed by atoms with Crippen LogP contribution in [0.2, 0.25) is 30.1 Å². The van der Waals surface area contributed by atoms with E-state index in [1.54, 1.807) is 24.3 Å². The van der Waals surface area contributed by atoms with Crippen LogP contribution in [0.5, 0.6) is 0 Å². The molecule has 180 valence electrons. The summed E-state index contributed by atoms with van der Waals surface area (Å²) in [4.78, 5) is 0. The van der Waals surface area contributed by atoms with E-state index in [9.17, 15) is 0 Å². The molecule has 7 heteroatoms. The molecule has 0 aliphatic rings. The predicted octanol–water partition coefficient (Wildman–Crippen LogP) is 11.1. The van der Waals surface area contributed by atoms with Crippen LogP contribution >= 0.6 is 69.6 Å². The zero-order valence-electron chi connectivity index (χ0n) is 18.8. The van der Waals surface area contributed by atoms with E-state index < -0.39 is 12.2 Å². The molecular weight excluding hydrogens is 565 g/mol. The summed E-state index contributed by atoms with van der Waals surface area (Å²) in [5, 5.41) is 3.39. The fraction of sp³-hybridized carbons (Fsp3) is 0.143. The highest BCUT2D eigenvalue weighted by atomic mass is 35.5. The molecule has 2 unspecified atom stereocenters. The number of hydrogen-bond acceptors (Lipinski definition) is 1. The van der Waals surface area contributed by atoms with E-state index in [1.165, 1.54) is 0 Å². The fourth-order valence-electron chi connectivity index (χ4n) is 3.89. The molecular formula is C28H20Cl6O. The molecule has 0 aliphatic heterocycles. The summed E-state index contributed by atoms with van der Waals surface area (Å²) in [6, 6.07) is 22.3. The molecule has 0 aromatic heterocycles. The Hall–Kier alpha value is -1.42. The minimum Gasteiger partial charge on any atom is -0.356 e. The number of ether oxygens (including phenoxy) is 1. The van der Waals surface area contributed by atoms with E-state index in [0.717, 1.165) is 33.4 Å². The highest BCUT2D eigenvalue weighted by Crippen LogP contribution is 2.42. The van der Waals surface area contributed by atoms with Crippen molar-refractivity contribution < 1.29 is 4.74 Å². The Bertz CT molecular complexity index is 1280. The van der Waals surface area contributed by atoms with Crippen molar-refractivity contribution in [3.63, 3.8) is 0 Å². The van der Waals surface area contributed by atoms with Crippen LogP contribution in [0.1, 0.15) is 45.6 Å². The lowest BCUT2D eigenvalue weighted by atomic mass is 9.96. The Morgan fingerprint density at radius 1 is 0.486 bits per heavy atom. The first kappa shape index (κ1) is 26.6. The van der Waals surface area contributed by atoms with Gasteiger partial charge in [0.1, 0.15) is 12.2 Å². The van der Waals surface area contributed by atoms with Gasteiger partial charge in [-0.05, 0) is 72.5 Å². The van der Waals surface area contributed by atoms with E-state index in [1.807, 2.05) is 62.4 Å². The second-order valence-electron chi connectivity index (χ2n) is 8.25. The Morgan fingerprint density at radius 2 is 0.886 bits per heavy atom. The molecule has 1 nitrogen and oxygen atoms in total. The average molecular weight is 585 g/mol. The molecule has 0 aliphatic carbocycles. The van der Waals surface area contributed by atoms with Crippen LogP contribution in [0, 0.1) is 13.8 Å². The molecule has 0 radical (unpaired) electrons. The van der Waals surface area contributed by atoms with E-state index in [0.29, 0.717) is 30.1 Å². The number of aryl methyl sites for hydroxylation is 2. The van der Waals surface area contributed by atoms with Crippen LogP contribution in [0.4, 0.5) is 0 Å². The number of benzene rings is 4. The second-order valence-corrected chi connectivity index (χ2v) is 10.7. The summed E-state index contributed by atoms with van der Waals surface area (Å²) in [6.07, 6.45) is -1.10. The molecule has 4 rings (SSSR count). The van der Waals surface area contributed by atoms with Gasteiger partial charge in [0, 0.05) is 41.3 Å². The highest BCUT2D eigenvalue weighted by molar-refractivity contribution is 6.35. The van der Waals surface area contributed by atoms with Crippen LogP contribution in [0.25, 0.3) is 0 Å². The predicted molar refractivity (Wildman–Crippen MR) is 150 cm³/mol. The van der Waals surface area contributed by atoms with E-state index >= 15 is 0 Å². The number of hydrogen-bond donors (Lipinski definition) is 0. The van der Waals surface area contributed by atoms with E-state index in [2.05, 4.69) is 0 Å². The van der Waals surface area contributed by atoms with Crippen molar-refractivity contribution in [1.82, 2.24) is 0 Å².